The number of halogens is 1. The predicted molar refractivity (Wildman–Crippen MR) is 62.3 cm³/mol. The van der Waals surface area contributed by atoms with Gasteiger partial charge in [-0.3, -0.25) is 4.79 Å². The Hall–Kier alpha value is -0.810. The number of hydrogen-bond acceptors (Lipinski definition) is 3. The van der Waals surface area contributed by atoms with E-state index in [0.717, 1.165) is 26.1 Å². The summed E-state index contributed by atoms with van der Waals surface area (Å²) in [5.74, 6) is -0.00692. The van der Waals surface area contributed by atoms with E-state index in [-0.39, 0.29) is 11.9 Å². The summed E-state index contributed by atoms with van der Waals surface area (Å²) in [5, 5.41) is 0. The van der Waals surface area contributed by atoms with Gasteiger partial charge < -0.3 is 14.1 Å². The van der Waals surface area contributed by atoms with Crippen LogP contribution < -0.4 is 0 Å². The maximum absolute atomic E-state index is 12.1. The van der Waals surface area contributed by atoms with E-state index < -0.39 is 0 Å². The normalized spacial score (nSPS) is 17.4. The number of furan rings is 1. The van der Waals surface area contributed by atoms with E-state index in [0.29, 0.717) is 10.2 Å². The van der Waals surface area contributed by atoms with Gasteiger partial charge in [0.15, 0.2) is 4.67 Å². The SMILES string of the molecule is CN(C(=O)c1ccoc1Br)C1CCOCC1. The Labute approximate surface area is 103 Å². The molecule has 0 spiro atoms. The Morgan fingerprint density at radius 2 is 2.19 bits per heavy atom. The molecule has 5 heteroatoms. The Morgan fingerprint density at radius 1 is 1.50 bits per heavy atom. The number of rotatable bonds is 2. The lowest BCUT2D eigenvalue weighted by atomic mass is 10.1. The quantitative estimate of drug-likeness (QED) is 0.838. The lowest BCUT2D eigenvalue weighted by Gasteiger charge is -2.31. The van der Waals surface area contributed by atoms with E-state index >= 15 is 0 Å². The molecule has 1 aromatic rings. The molecule has 4 nitrogen and oxygen atoms in total. The van der Waals surface area contributed by atoms with Gasteiger partial charge in [-0.2, -0.15) is 0 Å². The molecule has 0 N–H and O–H groups in total. The number of nitrogens with zero attached hydrogens (tertiary/aromatic N) is 1. The third kappa shape index (κ3) is 2.30. The van der Waals surface area contributed by atoms with Gasteiger partial charge in [0.2, 0.25) is 0 Å². The smallest absolute Gasteiger partial charge is 0.258 e. The number of carbonyl (C=O) groups excluding carboxylic acids is 1. The van der Waals surface area contributed by atoms with Crippen molar-refractivity contribution >= 4 is 21.8 Å². The Balaban J connectivity index is 2.06. The van der Waals surface area contributed by atoms with Crippen molar-refractivity contribution in [3.8, 4) is 0 Å². The summed E-state index contributed by atoms with van der Waals surface area (Å²) < 4.78 is 10.8. The zero-order valence-electron chi connectivity index (χ0n) is 9.11. The van der Waals surface area contributed by atoms with Crippen molar-refractivity contribution < 1.29 is 13.9 Å². The molecule has 2 rings (SSSR count). The number of ether oxygens (including phenoxy) is 1. The van der Waals surface area contributed by atoms with E-state index in [4.69, 9.17) is 9.15 Å². The molecule has 88 valence electrons. The van der Waals surface area contributed by atoms with Crippen LogP contribution >= 0.6 is 15.9 Å². The minimum atomic E-state index is -0.00692. The summed E-state index contributed by atoms with van der Waals surface area (Å²) in [4.78, 5) is 13.9. The molecule has 0 aromatic carbocycles. The fraction of sp³-hybridized carbons (Fsp3) is 0.545. The highest BCUT2D eigenvalue weighted by molar-refractivity contribution is 9.10. The van der Waals surface area contributed by atoms with Crippen molar-refractivity contribution in [3.05, 3.63) is 22.6 Å². The van der Waals surface area contributed by atoms with E-state index in [1.54, 1.807) is 11.0 Å². The molecule has 1 aliphatic rings. The average Bonchev–Trinajstić information content (AvgIpc) is 2.75. The van der Waals surface area contributed by atoms with Crippen LogP contribution in [0.2, 0.25) is 0 Å². The summed E-state index contributed by atoms with van der Waals surface area (Å²) in [7, 11) is 1.83. The first-order valence-electron chi connectivity index (χ1n) is 5.28. The molecule has 0 bridgehead atoms. The molecular formula is C11H14BrNO3. The van der Waals surface area contributed by atoms with Gasteiger partial charge >= 0.3 is 0 Å². The Kier molecular flexibility index (Phi) is 3.66. The maximum atomic E-state index is 12.1. The third-order valence-corrected chi connectivity index (χ3v) is 3.52. The molecule has 0 radical (unpaired) electrons. The molecule has 1 amide bonds. The number of hydrogen-bond donors (Lipinski definition) is 0. The van der Waals surface area contributed by atoms with Gasteiger partial charge in [0.25, 0.3) is 5.91 Å². The minimum Gasteiger partial charge on any atom is -0.457 e. The van der Waals surface area contributed by atoms with Crippen LogP contribution in [0.25, 0.3) is 0 Å². The van der Waals surface area contributed by atoms with Crippen LogP contribution in [0.5, 0.6) is 0 Å². The van der Waals surface area contributed by atoms with Crippen LogP contribution in [0.15, 0.2) is 21.4 Å². The van der Waals surface area contributed by atoms with E-state index in [1.165, 1.54) is 6.26 Å². The van der Waals surface area contributed by atoms with Crippen molar-refractivity contribution in [1.82, 2.24) is 4.90 Å². The van der Waals surface area contributed by atoms with Gasteiger partial charge in [0.1, 0.15) is 0 Å². The first-order chi connectivity index (χ1) is 7.70. The maximum Gasteiger partial charge on any atom is 0.258 e. The van der Waals surface area contributed by atoms with Crippen molar-refractivity contribution in [2.45, 2.75) is 18.9 Å². The van der Waals surface area contributed by atoms with Crippen LogP contribution in [-0.4, -0.2) is 37.1 Å². The first kappa shape index (κ1) is 11.7. The highest BCUT2D eigenvalue weighted by atomic mass is 79.9. The lowest BCUT2D eigenvalue weighted by molar-refractivity contribution is 0.0361. The summed E-state index contributed by atoms with van der Waals surface area (Å²) in [6, 6.07) is 1.95. The fourth-order valence-corrected chi connectivity index (χ4v) is 2.28. The third-order valence-electron chi connectivity index (χ3n) is 2.91. The summed E-state index contributed by atoms with van der Waals surface area (Å²) >= 11 is 3.22. The highest BCUT2D eigenvalue weighted by Crippen LogP contribution is 2.22. The van der Waals surface area contributed by atoms with Crippen LogP contribution in [0.4, 0.5) is 0 Å². The van der Waals surface area contributed by atoms with Gasteiger partial charge in [0.05, 0.1) is 11.8 Å². The zero-order chi connectivity index (χ0) is 11.5. The second-order valence-electron chi connectivity index (χ2n) is 3.87. The topological polar surface area (TPSA) is 42.7 Å². The first-order valence-corrected chi connectivity index (χ1v) is 6.07. The second-order valence-corrected chi connectivity index (χ2v) is 4.59. The molecule has 1 saturated heterocycles. The molecular weight excluding hydrogens is 274 g/mol. The van der Waals surface area contributed by atoms with E-state index in [2.05, 4.69) is 15.9 Å². The van der Waals surface area contributed by atoms with E-state index in [1.807, 2.05) is 7.05 Å². The van der Waals surface area contributed by atoms with Crippen molar-refractivity contribution in [2.24, 2.45) is 0 Å². The minimum absolute atomic E-state index is 0.00692. The Bertz CT molecular complexity index is 371. The summed E-state index contributed by atoms with van der Waals surface area (Å²) in [6.07, 6.45) is 3.31. The molecule has 0 aliphatic carbocycles. The van der Waals surface area contributed by atoms with Gasteiger partial charge in [0, 0.05) is 26.3 Å². The summed E-state index contributed by atoms with van der Waals surface area (Å²) in [5.41, 5.74) is 0.578. The molecule has 2 heterocycles. The van der Waals surface area contributed by atoms with Gasteiger partial charge in [-0.1, -0.05) is 0 Å². The molecule has 1 aromatic heterocycles. The standard InChI is InChI=1S/C11H14BrNO3/c1-13(8-2-5-15-6-3-8)11(14)9-4-7-16-10(9)12/h4,7-8H,2-3,5-6H2,1H3. The highest BCUT2D eigenvalue weighted by Gasteiger charge is 2.25. The molecule has 1 fully saturated rings. The predicted octanol–water partition coefficient (Wildman–Crippen LogP) is 2.29. The van der Waals surface area contributed by atoms with E-state index in [9.17, 15) is 4.79 Å². The van der Waals surface area contributed by atoms with Crippen LogP contribution in [0.1, 0.15) is 23.2 Å². The fourth-order valence-electron chi connectivity index (χ4n) is 1.87. The molecule has 1 aliphatic heterocycles. The second kappa shape index (κ2) is 5.01. The van der Waals surface area contributed by atoms with Crippen molar-refractivity contribution in [3.63, 3.8) is 0 Å². The largest absolute Gasteiger partial charge is 0.457 e. The van der Waals surface area contributed by atoms with Gasteiger partial charge in [-0.05, 0) is 34.8 Å². The number of amides is 1. The molecule has 0 saturated carbocycles. The molecule has 0 unspecified atom stereocenters. The van der Waals surface area contributed by atoms with Gasteiger partial charge in [-0.15, -0.1) is 0 Å². The average molecular weight is 288 g/mol. The van der Waals surface area contributed by atoms with Crippen LogP contribution in [-0.2, 0) is 4.74 Å². The van der Waals surface area contributed by atoms with Crippen molar-refractivity contribution in [1.29, 1.82) is 0 Å². The zero-order valence-corrected chi connectivity index (χ0v) is 10.7. The van der Waals surface area contributed by atoms with Crippen LogP contribution in [0.3, 0.4) is 0 Å². The molecule has 0 atom stereocenters. The lowest BCUT2D eigenvalue weighted by Crippen LogP contribution is -2.40. The number of carbonyl (C=O) groups is 1. The van der Waals surface area contributed by atoms with Crippen molar-refractivity contribution in [2.75, 3.05) is 20.3 Å². The Morgan fingerprint density at radius 3 is 2.75 bits per heavy atom. The monoisotopic (exact) mass is 287 g/mol. The molecule has 16 heavy (non-hydrogen) atoms. The summed E-state index contributed by atoms with van der Waals surface area (Å²) in [6.45, 7) is 1.46. The van der Waals surface area contributed by atoms with Crippen LogP contribution in [0, 0.1) is 0 Å². The van der Waals surface area contributed by atoms with Gasteiger partial charge in [-0.25, -0.2) is 0 Å².